The van der Waals surface area contributed by atoms with Crippen molar-refractivity contribution >= 4 is 11.8 Å². The summed E-state index contributed by atoms with van der Waals surface area (Å²) < 4.78 is 5.30. The number of carbonyl (C=O) groups excluding carboxylic acids is 2. The third-order valence-electron chi connectivity index (χ3n) is 5.50. The molecule has 1 aromatic heterocycles. The van der Waals surface area contributed by atoms with E-state index in [9.17, 15) is 9.59 Å². The summed E-state index contributed by atoms with van der Waals surface area (Å²) in [4.78, 5) is 29.2. The van der Waals surface area contributed by atoms with E-state index in [4.69, 9.17) is 4.74 Å². The molecule has 0 spiro atoms. The van der Waals surface area contributed by atoms with Crippen molar-refractivity contribution in [3.63, 3.8) is 0 Å². The summed E-state index contributed by atoms with van der Waals surface area (Å²) in [5.74, 6) is 0.374. The minimum Gasteiger partial charge on any atom is -0.384 e. The number of aromatic amines is 1. The average molecular weight is 348 g/mol. The predicted molar refractivity (Wildman–Crippen MR) is 92.8 cm³/mol. The van der Waals surface area contributed by atoms with Gasteiger partial charge in [0.1, 0.15) is 0 Å². The van der Waals surface area contributed by atoms with Crippen LogP contribution in [0, 0.1) is 5.41 Å². The molecule has 0 bridgehead atoms. The van der Waals surface area contributed by atoms with Crippen molar-refractivity contribution in [3.8, 4) is 0 Å². The summed E-state index contributed by atoms with van der Waals surface area (Å²) in [6.45, 7) is 3.22. The SMILES string of the molecule is COCC1(C(=O)N2CCCN(C(=O)CCc3cn[nH]c3)CC2)CCC1. The first-order valence-electron chi connectivity index (χ1n) is 9.18. The van der Waals surface area contributed by atoms with Gasteiger partial charge in [-0.15, -0.1) is 0 Å². The van der Waals surface area contributed by atoms with Crippen LogP contribution in [0.2, 0.25) is 0 Å². The van der Waals surface area contributed by atoms with Crippen LogP contribution in [0.25, 0.3) is 0 Å². The first-order valence-corrected chi connectivity index (χ1v) is 9.18. The number of nitrogens with one attached hydrogen (secondary N) is 1. The molecule has 2 fully saturated rings. The van der Waals surface area contributed by atoms with E-state index in [2.05, 4.69) is 10.2 Å². The first kappa shape index (κ1) is 17.9. The summed E-state index contributed by atoms with van der Waals surface area (Å²) in [6, 6.07) is 0. The van der Waals surface area contributed by atoms with Crippen LogP contribution in [0.3, 0.4) is 0 Å². The average Bonchev–Trinajstić information content (AvgIpc) is 2.98. The van der Waals surface area contributed by atoms with Crippen molar-refractivity contribution in [1.29, 1.82) is 0 Å². The molecule has 0 unspecified atom stereocenters. The third kappa shape index (κ3) is 4.03. The zero-order valence-electron chi connectivity index (χ0n) is 15.0. The van der Waals surface area contributed by atoms with Crippen LogP contribution in [0.4, 0.5) is 0 Å². The highest BCUT2D eigenvalue weighted by Crippen LogP contribution is 2.42. The number of amides is 2. The zero-order valence-corrected chi connectivity index (χ0v) is 15.0. The molecule has 2 heterocycles. The number of H-pyrrole nitrogens is 1. The number of nitrogens with zero attached hydrogens (tertiary/aromatic N) is 3. The number of carbonyl (C=O) groups is 2. The van der Waals surface area contributed by atoms with E-state index in [-0.39, 0.29) is 17.2 Å². The summed E-state index contributed by atoms with van der Waals surface area (Å²) in [6.07, 6.45) is 8.54. The highest BCUT2D eigenvalue weighted by molar-refractivity contribution is 5.84. The normalized spacial score (nSPS) is 20.0. The molecule has 2 aliphatic rings. The number of aromatic nitrogens is 2. The van der Waals surface area contributed by atoms with Gasteiger partial charge in [-0.25, -0.2) is 0 Å². The van der Waals surface area contributed by atoms with E-state index in [0.29, 0.717) is 32.5 Å². The van der Waals surface area contributed by atoms with E-state index in [0.717, 1.165) is 44.3 Å². The molecule has 1 aromatic rings. The topological polar surface area (TPSA) is 78.5 Å². The Kier molecular flexibility index (Phi) is 5.73. The Labute approximate surface area is 148 Å². The Morgan fingerprint density at radius 3 is 2.60 bits per heavy atom. The van der Waals surface area contributed by atoms with Gasteiger partial charge in [-0.3, -0.25) is 14.7 Å². The first-order chi connectivity index (χ1) is 12.1. The molecular formula is C18H28N4O3. The van der Waals surface area contributed by atoms with Gasteiger partial charge in [0.15, 0.2) is 0 Å². The number of hydrogen-bond donors (Lipinski definition) is 1. The molecule has 138 valence electrons. The fourth-order valence-corrected chi connectivity index (χ4v) is 3.83. The lowest BCUT2D eigenvalue weighted by Crippen LogP contribution is -2.51. The molecule has 1 saturated heterocycles. The monoisotopic (exact) mass is 348 g/mol. The fourth-order valence-electron chi connectivity index (χ4n) is 3.83. The molecule has 25 heavy (non-hydrogen) atoms. The lowest BCUT2D eigenvalue weighted by molar-refractivity contribution is -0.152. The number of hydrogen-bond acceptors (Lipinski definition) is 4. The predicted octanol–water partition coefficient (Wildman–Crippen LogP) is 1.22. The van der Waals surface area contributed by atoms with Crippen LogP contribution in [0.1, 0.15) is 37.7 Å². The molecule has 1 N–H and O–H groups in total. The lowest BCUT2D eigenvalue weighted by atomic mass is 9.68. The van der Waals surface area contributed by atoms with Crippen molar-refractivity contribution in [2.45, 2.75) is 38.5 Å². The van der Waals surface area contributed by atoms with E-state index in [1.54, 1.807) is 13.3 Å². The molecule has 7 heteroatoms. The minimum absolute atomic E-state index is 0.158. The van der Waals surface area contributed by atoms with Gasteiger partial charge in [0.25, 0.3) is 0 Å². The van der Waals surface area contributed by atoms with Crippen LogP contribution in [-0.4, -0.2) is 71.7 Å². The molecule has 0 atom stereocenters. The minimum atomic E-state index is -0.310. The van der Waals surface area contributed by atoms with Gasteiger partial charge in [-0.2, -0.15) is 5.10 Å². The van der Waals surface area contributed by atoms with E-state index >= 15 is 0 Å². The Bertz CT molecular complexity index is 583. The summed E-state index contributed by atoms with van der Waals surface area (Å²) in [5, 5.41) is 6.67. The van der Waals surface area contributed by atoms with Gasteiger partial charge >= 0.3 is 0 Å². The summed E-state index contributed by atoms with van der Waals surface area (Å²) in [7, 11) is 1.66. The number of ether oxygens (including phenoxy) is 1. The van der Waals surface area contributed by atoms with Crippen molar-refractivity contribution in [2.75, 3.05) is 39.9 Å². The van der Waals surface area contributed by atoms with E-state index in [1.807, 2.05) is 16.0 Å². The maximum atomic E-state index is 12.9. The second kappa shape index (κ2) is 7.99. The second-order valence-corrected chi connectivity index (χ2v) is 7.20. The summed E-state index contributed by atoms with van der Waals surface area (Å²) in [5.41, 5.74) is 0.737. The Morgan fingerprint density at radius 1 is 1.20 bits per heavy atom. The van der Waals surface area contributed by atoms with Crippen molar-refractivity contribution in [1.82, 2.24) is 20.0 Å². The van der Waals surface area contributed by atoms with Gasteiger partial charge in [-0.1, -0.05) is 6.42 Å². The van der Waals surface area contributed by atoms with Gasteiger partial charge in [0, 0.05) is 45.9 Å². The molecule has 2 amide bonds. The molecule has 1 saturated carbocycles. The van der Waals surface area contributed by atoms with Gasteiger partial charge < -0.3 is 14.5 Å². The molecule has 7 nitrogen and oxygen atoms in total. The highest BCUT2D eigenvalue weighted by Gasteiger charge is 2.46. The molecule has 1 aliphatic carbocycles. The molecule has 0 aromatic carbocycles. The summed E-state index contributed by atoms with van der Waals surface area (Å²) >= 11 is 0. The van der Waals surface area contributed by atoms with Crippen LogP contribution in [-0.2, 0) is 20.7 Å². The number of aryl methyl sites for hydroxylation is 1. The van der Waals surface area contributed by atoms with E-state index in [1.165, 1.54) is 0 Å². The molecule has 1 aliphatic heterocycles. The fraction of sp³-hybridized carbons (Fsp3) is 0.722. The van der Waals surface area contributed by atoms with Crippen LogP contribution >= 0.6 is 0 Å². The van der Waals surface area contributed by atoms with Crippen LogP contribution < -0.4 is 0 Å². The third-order valence-corrected chi connectivity index (χ3v) is 5.50. The second-order valence-electron chi connectivity index (χ2n) is 7.20. The van der Waals surface area contributed by atoms with Gasteiger partial charge in [-0.05, 0) is 31.2 Å². The molecular weight excluding hydrogens is 320 g/mol. The highest BCUT2D eigenvalue weighted by atomic mass is 16.5. The number of methoxy groups -OCH3 is 1. The van der Waals surface area contributed by atoms with Gasteiger partial charge in [0.05, 0.1) is 18.2 Å². The van der Waals surface area contributed by atoms with Crippen molar-refractivity contribution in [2.24, 2.45) is 5.41 Å². The van der Waals surface area contributed by atoms with E-state index < -0.39 is 0 Å². The lowest BCUT2D eigenvalue weighted by Gasteiger charge is -2.42. The standard InChI is InChI=1S/C18H28N4O3/c1-25-14-18(6-2-7-18)17(24)22-9-3-8-21(10-11-22)16(23)5-4-15-12-19-20-13-15/h12-13H,2-11,14H2,1H3,(H,19,20). The largest absolute Gasteiger partial charge is 0.384 e. The number of rotatable bonds is 6. The maximum absolute atomic E-state index is 12.9. The van der Waals surface area contributed by atoms with Gasteiger partial charge in [0.2, 0.25) is 11.8 Å². The Morgan fingerprint density at radius 2 is 1.96 bits per heavy atom. The Hall–Kier alpha value is -1.89. The van der Waals surface area contributed by atoms with Crippen molar-refractivity contribution in [3.05, 3.63) is 18.0 Å². The smallest absolute Gasteiger partial charge is 0.231 e. The van der Waals surface area contributed by atoms with Crippen LogP contribution in [0.15, 0.2) is 12.4 Å². The zero-order chi connectivity index (χ0) is 17.7. The molecule has 3 rings (SSSR count). The molecule has 0 radical (unpaired) electrons. The quantitative estimate of drug-likeness (QED) is 0.838. The maximum Gasteiger partial charge on any atom is 0.231 e. The Balaban J connectivity index is 1.51. The van der Waals surface area contributed by atoms with Crippen molar-refractivity contribution < 1.29 is 14.3 Å². The van der Waals surface area contributed by atoms with Crippen LogP contribution in [0.5, 0.6) is 0 Å².